The highest BCUT2D eigenvalue weighted by molar-refractivity contribution is 6.32. The van der Waals surface area contributed by atoms with Gasteiger partial charge in [0.2, 0.25) is 53.0 Å². The Morgan fingerprint density at radius 3 is 1.90 bits per heavy atom. The Hall–Kier alpha value is -10.7. The minimum absolute atomic E-state index is 0.00146. The molecule has 0 radical (unpaired) electrons. The third-order valence-electron chi connectivity index (χ3n) is 19.7. The lowest BCUT2D eigenvalue weighted by atomic mass is 9.54. The van der Waals surface area contributed by atoms with Crippen LogP contribution in [0.15, 0.2) is 103 Å². The second kappa shape index (κ2) is 28.9. The van der Waals surface area contributed by atoms with Gasteiger partial charge in [-0.2, -0.15) is 0 Å². The zero-order chi connectivity index (χ0) is 72.0. The number of methoxy groups -OCH3 is 1. The quantitative estimate of drug-likeness (QED) is 0.0731. The number of amides is 10. The van der Waals surface area contributed by atoms with Crippen LogP contribution in [0.1, 0.15) is 123 Å². The standard InChI is InChI=1S/C72H77ClN10O18/c1-30(2)16-46(74-4)65(91)82-60-62(88)35-7-14-50(31(3)17-35)100-52-25-39-26-53(64(52)90)101-51-15-8-36(24-45(51)73)63(89)61-71(97)81-59(69(95)78-56-37-19-32-18-33(21-37)22-38(56)20-32)44-27-41(84)28-49(86)55(44)43-23-34(6-13-48(43)85)57(67(93)83-61)80-68(94)58(39)79-66(92)47(76-70(60)96)29-54(87)77-72(98)75-40-9-11-42(99-5)12-10-40/h6-15,17,23-28,30,32-33,37-38,46-47,56-63,74,84-86,88-90H,16,18-22,29H2,1-5H3,(H,76,96)(H,78,95)(H,79,92)(H,80,94)(H,81,97)(H,82,91)(H,83,93)(H2,75,77,87,98)/t32?,33?,37?,38?,46-,47+,56?,57-,58-,59+,60-,61+,62-,63-/m1/s1. The minimum atomic E-state index is -2.21. The molecule has 101 heavy (non-hydrogen) atoms. The lowest BCUT2D eigenvalue weighted by Crippen LogP contribution is -2.59. The van der Waals surface area contributed by atoms with E-state index in [0.29, 0.717) is 17.6 Å². The molecule has 15 rings (SSSR count). The van der Waals surface area contributed by atoms with Crippen LogP contribution < -0.4 is 67.4 Å². The van der Waals surface area contributed by atoms with Gasteiger partial charge in [-0.05, 0) is 194 Å². The van der Waals surface area contributed by atoms with Crippen LogP contribution in [0.5, 0.6) is 51.7 Å². The molecule has 10 amide bonds. The summed E-state index contributed by atoms with van der Waals surface area (Å²) in [6.07, 6.45) is -0.263. The molecule has 28 nitrogen and oxygen atoms in total. The number of imide groups is 1. The van der Waals surface area contributed by atoms with Crippen LogP contribution in [-0.4, -0.2) is 128 Å². The molecule has 0 spiro atoms. The molecule has 9 atom stereocenters. The van der Waals surface area contributed by atoms with E-state index in [2.05, 4.69) is 53.2 Å². The molecule has 15 bridgehead atoms. The maximum absolute atomic E-state index is 16.0. The van der Waals surface area contributed by atoms with Crippen LogP contribution in [0.3, 0.4) is 0 Å². The highest BCUT2D eigenvalue weighted by Crippen LogP contribution is 2.54. The van der Waals surface area contributed by atoms with Crippen molar-refractivity contribution < 1.29 is 88.0 Å². The lowest BCUT2D eigenvalue weighted by molar-refractivity contribution is -0.138. The molecule has 0 saturated heterocycles. The molecule has 0 aromatic heterocycles. The third kappa shape index (κ3) is 14.8. The van der Waals surface area contributed by atoms with Crippen molar-refractivity contribution in [2.45, 2.75) is 126 Å². The number of aromatic hydroxyl groups is 4. The minimum Gasteiger partial charge on any atom is -0.508 e. The summed E-state index contributed by atoms with van der Waals surface area (Å²) in [7, 11) is 2.94. The fraction of sp³-hybridized carbons (Fsp3) is 0.375. The largest absolute Gasteiger partial charge is 0.508 e. The first kappa shape index (κ1) is 70.2. The summed E-state index contributed by atoms with van der Waals surface area (Å²) >= 11 is 6.98. The Morgan fingerprint density at radius 2 is 1.26 bits per heavy atom. The first-order valence-electron chi connectivity index (χ1n) is 33.1. The average Bonchev–Trinajstić information content (AvgIpc) is 0.761. The summed E-state index contributed by atoms with van der Waals surface area (Å²) in [5.74, 6) is -11.5. The van der Waals surface area contributed by atoms with Crippen LogP contribution in [0.2, 0.25) is 5.02 Å². The van der Waals surface area contributed by atoms with E-state index in [0.717, 1.165) is 62.4 Å². The summed E-state index contributed by atoms with van der Waals surface area (Å²) in [4.78, 5) is 135. The number of aryl methyl sites for hydroxylation is 1. The Bertz CT molecular complexity index is 4300. The second-order valence-corrected chi connectivity index (χ2v) is 27.5. The lowest BCUT2D eigenvalue weighted by Gasteiger charge is -2.54. The van der Waals surface area contributed by atoms with Gasteiger partial charge in [0.15, 0.2) is 11.5 Å². The van der Waals surface area contributed by atoms with Gasteiger partial charge in [0, 0.05) is 28.9 Å². The molecule has 530 valence electrons. The van der Waals surface area contributed by atoms with Gasteiger partial charge in [0.25, 0.3) is 0 Å². The van der Waals surface area contributed by atoms with E-state index in [1.165, 1.54) is 87.0 Å². The second-order valence-electron chi connectivity index (χ2n) is 27.1. The molecular weight excluding hydrogens is 1330 g/mol. The molecule has 4 fully saturated rings. The number of fused-ring (bicyclic) bond motifs is 15. The number of benzene rings is 6. The third-order valence-corrected chi connectivity index (χ3v) is 20.0. The number of ether oxygens (including phenoxy) is 3. The number of rotatable bonds is 11. The number of likely N-dealkylation sites (N-methyl/N-ethyl adjacent to an activating group) is 1. The van der Waals surface area contributed by atoms with Crippen molar-refractivity contribution in [1.82, 2.24) is 47.9 Å². The average molecular weight is 1410 g/mol. The maximum Gasteiger partial charge on any atom is 0.325 e. The molecule has 4 aliphatic carbocycles. The van der Waals surface area contributed by atoms with Gasteiger partial charge >= 0.3 is 6.03 Å². The molecule has 5 heterocycles. The summed E-state index contributed by atoms with van der Waals surface area (Å²) in [5.41, 5.74) is -1.07. The first-order valence-corrected chi connectivity index (χ1v) is 33.5. The number of halogens is 1. The highest BCUT2D eigenvalue weighted by atomic mass is 35.5. The molecule has 5 aliphatic heterocycles. The Kier molecular flexibility index (Phi) is 20.1. The number of carbonyl (C=O) groups is 9. The summed E-state index contributed by atoms with van der Waals surface area (Å²) in [6.45, 7) is 5.26. The van der Waals surface area contributed by atoms with Crippen molar-refractivity contribution in [1.29, 1.82) is 0 Å². The fourth-order valence-electron chi connectivity index (χ4n) is 14.9. The summed E-state index contributed by atoms with van der Waals surface area (Å²) < 4.78 is 17.9. The zero-order valence-electron chi connectivity index (χ0n) is 55.4. The molecule has 6 aromatic rings. The van der Waals surface area contributed by atoms with Crippen molar-refractivity contribution in [3.8, 4) is 62.9 Å². The molecular formula is C72H77ClN10O18. The van der Waals surface area contributed by atoms with Gasteiger partial charge in [0.1, 0.15) is 83.0 Å². The van der Waals surface area contributed by atoms with E-state index in [4.69, 9.17) is 25.8 Å². The number of anilines is 1. The van der Waals surface area contributed by atoms with Crippen LogP contribution in [0.25, 0.3) is 11.1 Å². The van der Waals surface area contributed by atoms with E-state index in [9.17, 15) is 45.0 Å². The number of phenols is 4. The molecule has 9 aliphatic rings. The summed E-state index contributed by atoms with van der Waals surface area (Å²) in [6, 6.07) is 6.78. The fourth-order valence-corrected chi connectivity index (χ4v) is 15.2. The van der Waals surface area contributed by atoms with Crippen molar-refractivity contribution in [2.24, 2.45) is 29.6 Å². The smallest absolute Gasteiger partial charge is 0.325 e. The Morgan fingerprint density at radius 1 is 0.634 bits per heavy atom. The van der Waals surface area contributed by atoms with Crippen LogP contribution in [0, 0.1) is 36.5 Å². The predicted octanol–water partition coefficient (Wildman–Crippen LogP) is 5.78. The summed E-state index contributed by atoms with van der Waals surface area (Å²) in [5, 5.41) is 98.0. The molecule has 4 saturated carbocycles. The van der Waals surface area contributed by atoms with Gasteiger partial charge in [-0.25, -0.2) is 4.79 Å². The number of carbonyl (C=O) groups excluding carboxylic acids is 9. The normalized spacial score (nSPS) is 25.5. The zero-order valence-corrected chi connectivity index (χ0v) is 56.1. The topological polar surface area (TPSA) is 423 Å². The molecule has 16 N–H and O–H groups in total. The van der Waals surface area contributed by atoms with Crippen molar-refractivity contribution in [2.75, 3.05) is 19.5 Å². The van der Waals surface area contributed by atoms with Gasteiger partial charge < -0.3 is 92.7 Å². The van der Waals surface area contributed by atoms with Crippen molar-refractivity contribution in [3.63, 3.8) is 0 Å². The van der Waals surface area contributed by atoms with Crippen LogP contribution in [-0.2, 0) is 38.4 Å². The number of aliphatic hydroxyl groups excluding tert-OH is 2. The Labute approximate surface area is 583 Å². The molecule has 29 heteroatoms. The number of hydrogen-bond donors (Lipinski definition) is 16. The number of nitrogens with one attached hydrogen (secondary N) is 10. The Balaban J connectivity index is 1.00. The van der Waals surface area contributed by atoms with Crippen molar-refractivity contribution in [3.05, 3.63) is 142 Å². The predicted molar refractivity (Wildman–Crippen MR) is 362 cm³/mol. The first-order chi connectivity index (χ1) is 48.2. The van der Waals surface area contributed by atoms with E-state index in [1.807, 2.05) is 13.8 Å². The van der Waals surface area contributed by atoms with Crippen LogP contribution >= 0.6 is 11.6 Å². The van der Waals surface area contributed by atoms with E-state index in [-0.39, 0.29) is 96.9 Å². The van der Waals surface area contributed by atoms with Gasteiger partial charge in [-0.15, -0.1) is 0 Å². The number of hydrogen-bond acceptors (Lipinski definition) is 19. The van der Waals surface area contributed by atoms with Gasteiger partial charge in [-0.1, -0.05) is 43.6 Å². The monoisotopic (exact) mass is 1400 g/mol. The van der Waals surface area contributed by atoms with E-state index >= 15 is 28.8 Å². The maximum atomic E-state index is 16.0. The number of aliphatic hydroxyl groups is 2. The number of urea groups is 1. The van der Waals surface area contributed by atoms with Crippen LogP contribution in [0.4, 0.5) is 10.5 Å². The van der Waals surface area contributed by atoms with Gasteiger partial charge in [-0.3, -0.25) is 43.7 Å². The van der Waals surface area contributed by atoms with Gasteiger partial charge in [0.05, 0.1) is 24.6 Å². The highest BCUT2D eigenvalue weighted by Gasteiger charge is 2.50. The number of phenolic OH excluding ortho intramolecular Hbond substituents is 4. The van der Waals surface area contributed by atoms with Crippen molar-refractivity contribution >= 4 is 70.6 Å². The molecule has 6 aromatic carbocycles. The van der Waals surface area contributed by atoms with E-state index in [1.54, 1.807) is 6.92 Å². The van der Waals surface area contributed by atoms with E-state index < -0.39 is 149 Å². The molecule has 0 unspecified atom stereocenters. The SMILES string of the molecule is CN[C@H](CC(C)C)C(=O)N[C@H]1C(=O)N[C@@H](CC(=O)NC(=O)Nc2ccc(OC)cc2)C(=O)N[C@H]2C(=O)N[C@H]3C(=O)N[C@H](C(=O)N[C@H](C(=O)NC4C5CC6CC(C5)CC4C6)c4cc(O)cc(O)c4-c4cc3ccc4O)[C@H](O)c3ccc(c(Cl)c3)Oc3cc2cc(c3O)Oc2ccc(cc2C)[C@H]1O.